The molecule has 0 saturated carbocycles. The van der Waals surface area contributed by atoms with Gasteiger partial charge in [-0.15, -0.1) is 0 Å². The molecule has 0 N–H and O–H groups in total. The Labute approximate surface area is 124 Å². The van der Waals surface area contributed by atoms with Crippen LogP contribution in [0.25, 0.3) is 0 Å². The molecular formula is C16H20O5. The number of rotatable bonds is 3. The predicted molar refractivity (Wildman–Crippen MR) is 75.4 cm³/mol. The van der Waals surface area contributed by atoms with Crippen LogP contribution in [0.3, 0.4) is 0 Å². The molecule has 0 fully saturated rings. The van der Waals surface area contributed by atoms with E-state index in [1.165, 1.54) is 20.3 Å². The van der Waals surface area contributed by atoms with Gasteiger partial charge in [0.25, 0.3) is 0 Å². The number of ether oxygens (including phenoxy) is 2. The number of carbonyl (C=O) groups is 3. The van der Waals surface area contributed by atoms with Crippen LogP contribution >= 0.6 is 0 Å². The Morgan fingerprint density at radius 2 is 1.95 bits per heavy atom. The van der Waals surface area contributed by atoms with Gasteiger partial charge in [0.05, 0.1) is 25.0 Å². The summed E-state index contributed by atoms with van der Waals surface area (Å²) in [5, 5.41) is 0. The third kappa shape index (κ3) is 2.35. The Bertz CT molecular complexity index is 545. The maximum absolute atomic E-state index is 12.6. The first-order valence-electron chi connectivity index (χ1n) is 6.91. The molecule has 0 aromatic carbocycles. The minimum Gasteiger partial charge on any atom is -0.469 e. The zero-order chi connectivity index (χ0) is 15.8. The fourth-order valence-electron chi connectivity index (χ4n) is 3.39. The Hall–Kier alpha value is -1.75. The average Bonchev–Trinajstić information content (AvgIpc) is 2.45. The van der Waals surface area contributed by atoms with Crippen LogP contribution in [0.15, 0.2) is 23.8 Å². The van der Waals surface area contributed by atoms with Gasteiger partial charge in [0.15, 0.2) is 11.6 Å². The van der Waals surface area contributed by atoms with Crippen molar-refractivity contribution in [2.75, 3.05) is 14.2 Å². The van der Waals surface area contributed by atoms with E-state index in [0.29, 0.717) is 5.57 Å². The van der Waals surface area contributed by atoms with Gasteiger partial charge in [0, 0.05) is 13.0 Å². The van der Waals surface area contributed by atoms with Crippen LogP contribution in [0.5, 0.6) is 0 Å². The number of Topliss-reactive ketones (excluding diaryl/α,β-unsaturated/α-hetero) is 1. The number of hydrogen-bond donors (Lipinski definition) is 0. The number of carbonyl (C=O) groups excluding carboxylic acids is 3. The zero-order valence-corrected chi connectivity index (χ0v) is 12.7. The van der Waals surface area contributed by atoms with E-state index in [-0.39, 0.29) is 23.9 Å². The monoisotopic (exact) mass is 292 g/mol. The minimum absolute atomic E-state index is 0.0794. The van der Waals surface area contributed by atoms with E-state index >= 15 is 0 Å². The molecule has 0 aromatic heterocycles. The van der Waals surface area contributed by atoms with Crippen molar-refractivity contribution in [1.82, 2.24) is 0 Å². The van der Waals surface area contributed by atoms with Crippen LogP contribution in [0.2, 0.25) is 0 Å². The Morgan fingerprint density at radius 1 is 1.29 bits per heavy atom. The van der Waals surface area contributed by atoms with Crippen molar-refractivity contribution in [2.45, 2.75) is 26.4 Å². The molecule has 0 spiro atoms. The van der Waals surface area contributed by atoms with Crippen LogP contribution in [0.1, 0.15) is 20.3 Å². The molecule has 0 heterocycles. The first-order valence-corrected chi connectivity index (χ1v) is 6.91. The van der Waals surface area contributed by atoms with Crippen molar-refractivity contribution in [3.8, 4) is 0 Å². The van der Waals surface area contributed by atoms with Crippen molar-refractivity contribution < 1.29 is 23.9 Å². The van der Waals surface area contributed by atoms with Gasteiger partial charge >= 0.3 is 5.97 Å². The number of esters is 1. The summed E-state index contributed by atoms with van der Waals surface area (Å²) in [6.45, 7) is 3.37. The van der Waals surface area contributed by atoms with E-state index in [0.717, 1.165) is 0 Å². The molecule has 4 atom stereocenters. The quantitative estimate of drug-likeness (QED) is 0.582. The fourth-order valence-corrected chi connectivity index (χ4v) is 3.39. The summed E-state index contributed by atoms with van der Waals surface area (Å²) in [6.07, 6.45) is 4.55. The number of fused-ring (bicyclic) bond motifs is 1. The molecule has 0 aromatic rings. The van der Waals surface area contributed by atoms with Crippen LogP contribution in [0, 0.1) is 17.3 Å². The number of ketones is 2. The molecule has 2 rings (SSSR count). The molecule has 0 bridgehead atoms. The Balaban J connectivity index is 2.49. The first-order chi connectivity index (χ1) is 9.86. The highest BCUT2D eigenvalue weighted by Gasteiger charge is 2.56. The molecule has 0 amide bonds. The molecule has 2 aliphatic rings. The van der Waals surface area contributed by atoms with Gasteiger partial charge in [-0.1, -0.05) is 12.2 Å². The maximum Gasteiger partial charge on any atom is 0.306 e. The minimum atomic E-state index is -0.973. The van der Waals surface area contributed by atoms with Crippen LogP contribution in [-0.2, 0) is 23.9 Å². The van der Waals surface area contributed by atoms with Crippen molar-refractivity contribution in [3.63, 3.8) is 0 Å². The fraction of sp³-hybridized carbons (Fsp3) is 0.562. The smallest absolute Gasteiger partial charge is 0.306 e. The van der Waals surface area contributed by atoms with Gasteiger partial charge in [-0.3, -0.25) is 14.4 Å². The van der Waals surface area contributed by atoms with E-state index in [9.17, 15) is 14.4 Å². The van der Waals surface area contributed by atoms with E-state index in [2.05, 4.69) is 0 Å². The number of methoxy groups -OCH3 is 2. The predicted octanol–water partition coefficient (Wildman–Crippen LogP) is 1.47. The van der Waals surface area contributed by atoms with Crippen molar-refractivity contribution in [1.29, 1.82) is 0 Å². The highest BCUT2D eigenvalue weighted by Crippen LogP contribution is 2.48. The molecule has 0 aliphatic heterocycles. The summed E-state index contributed by atoms with van der Waals surface area (Å²) < 4.78 is 10.1. The lowest BCUT2D eigenvalue weighted by atomic mass is 9.56. The number of hydrogen-bond acceptors (Lipinski definition) is 5. The van der Waals surface area contributed by atoms with E-state index < -0.39 is 23.4 Å². The van der Waals surface area contributed by atoms with Crippen molar-refractivity contribution in [2.24, 2.45) is 17.3 Å². The van der Waals surface area contributed by atoms with Crippen LogP contribution in [0.4, 0.5) is 0 Å². The van der Waals surface area contributed by atoms with Gasteiger partial charge in [-0.2, -0.15) is 0 Å². The molecule has 21 heavy (non-hydrogen) atoms. The molecule has 0 saturated heterocycles. The lowest BCUT2D eigenvalue weighted by molar-refractivity contribution is -0.150. The van der Waals surface area contributed by atoms with Gasteiger partial charge in [0.2, 0.25) is 0 Å². The highest BCUT2D eigenvalue weighted by atomic mass is 16.5. The second-order valence-electron chi connectivity index (χ2n) is 5.80. The molecule has 114 valence electrons. The lowest BCUT2D eigenvalue weighted by Gasteiger charge is -2.46. The van der Waals surface area contributed by atoms with Crippen LogP contribution < -0.4 is 0 Å². The summed E-state index contributed by atoms with van der Waals surface area (Å²) in [7, 11) is 2.83. The molecule has 5 heteroatoms. The van der Waals surface area contributed by atoms with Gasteiger partial charge in [-0.05, 0) is 31.4 Å². The largest absolute Gasteiger partial charge is 0.469 e. The van der Waals surface area contributed by atoms with Gasteiger partial charge in [0.1, 0.15) is 0 Å². The highest BCUT2D eigenvalue weighted by molar-refractivity contribution is 6.13. The molecule has 5 nitrogen and oxygen atoms in total. The third-order valence-corrected chi connectivity index (χ3v) is 4.63. The van der Waals surface area contributed by atoms with E-state index in [1.807, 2.05) is 0 Å². The first kappa shape index (κ1) is 15.6. The standard InChI is InChI=1S/C16H20O5/c1-9-7-11(17)16(2)12(20-3)6-5-10(8-13(18)21-4)14(16)15(9)19/h5-7,10,12,14H,8H2,1-4H3/t10-,12+,14-,16+/m1/s1. The third-order valence-electron chi connectivity index (χ3n) is 4.63. The lowest BCUT2D eigenvalue weighted by Crippen LogP contribution is -2.55. The molecule has 0 radical (unpaired) electrons. The van der Waals surface area contributed by atoms with Crippen LogP contribution in [-0.4, -0.2) is 37.9 Å². The second kappa shape index (κ2) is 5.56. The SMILES string of the molecule is COC(=O)C[C@H]1C=C[C@H](OC)[C@]2(C)C(=O)C=C(C)C(=O)[C@@H]12. The van der Waals surface area contributed by atoms with E-state index in [4.69, 9.17) is 9.47 Å². The topological polar surface area (TPSA) is 69.7 Å². The second-order valence-corrected chi connectivity index (χ2v) is 5.80. The van der Waals surface area contributed by atoms with E-state index in [1.54, 1.807) is 26.0 Å². The molecular weight excluding hydrogens is 272 g/mol. The summed E-state index contributed by atoms with van der Waals surface area (Å²) in [4.78, 5) is 36.7. The summed E-state index contributed by atoms with van der Waals surface area (Å²) in [6, 6.07) is 0. The van der Waals surface area contributed by atoms with Crippen molar-refractivity contribution in [3.05, 3.63) is 23.8 Å². The summed E-state index contributed by atoms with van der Waals surface area (Å²) in [5.41, 5.74) is -0.541. The Kier molecular flexibility index (Phi) is 4.14. The maximum atomic E-state index is 12.6. The molecule has 2 aliphatic carbocycles. The Morgan fingerprint density at radius 3 is 2.52 bits per heavy atom. The van der Waals surface area contributed by atoms with Gasteiger partial charge < -0.3 is 9.47 Å². The van der Waals surface area contributed by atoms with Gasteiger partial charge in [-0.25, -0.2) is 0 Å². The number of allylic oxidation sites excluding steroid dienone is 3. The van der Waals surface area contributed by atoms with Crippen molar-refractivity contribution >= 4 is 17.5 Å². The zero-order valence-electron chi connectivity index (χ0n) is 12.7. The normalized spacial score (nSPS) is 35.2. The summed E-state index contributed by atoms with van der Waals surface area (Å²) in [5.74, 6) is -1.57. The molecule has 0 unspecified atom stereocenters. The average molecular weight is 292 g/mol. The summed E-state index contributed by atoms with van der Waals surface area (Å²) >= 11 is 0.